The first kappa shape index (κ1) is 11.5. The van der Waals surface area contributed by atoms with E-state index in [0.29, 0.717) is 12.1 Å². The van der Waals surface area contributed by atoms with Crippen molar-refractivity contribution < 1.29 is 13.2 Å². The highest BCUT2D eigenvalue weighted by Crippen LogP contribution is 2.38. The lowest BCUT2D eigenvalue weighted by Crippen LogP contribution is -2.15. The average Bonchev–Trinajstić information content (AvgIpc) is 2.67. The van der Waals surface area contributed by atoms with Crippen LogP contribution in [0.4, 0.5) is 13.2 Å². The van der Waals surface area contributed by atoms with Crippen LogP contribution in [0.15, 0.2) is 12.1 Å². The molecule has 1 radical (unpaired) electrons. The summed E-state index contributed by atoms with van der Waals surface area (Å²) in [5.74, 6) is -0.0345. The summed E-state index contributed by atoms with van der Waals surface area (Å²) in [7, 11) is 0. The second-order valence-electron chi connectivity index (χ2n) is 4.16. The Balaban J connectivity index is 2.47. The smallest absolute Gasteiger partial charge is 0.316 e. The van der Waals surface area contributed by atoms with E-state index >= 15 is 0 Å². The fourth-order valence-electron chi connectivity index (χ4n) is 2.26. The van der Waals surface area contributed by atoms with E-state index in [1.54, 1.807) is 0 Å². The molecule has 0 aromatic heterocycles. The highest BCUT2D eigenvalue weighted by molar-refractivity contribution is 5.39. The van der Waals surface area contributed by atoms with Crippen LogP contribution in [-0.4, -0.2) is 13.1 Å². The maximum atomic E-state index is 12.9. The van der Waals surface area contributed by atoms with Crippen molar-refractivity contribution in [2.45, 2.75) is 25.4 Å². The van der Waals surface area contributed by atoms with Crippen LogP contribution < -0.4 is 5.32 Å². The van der Waals surface area contributed by atoms with Gasteiger partial charge in [-0.1, -0.05) is 12.1 Å². The van der Waals surface area contributed by atoms with E-state index in [0.717, 1.165) is 13.0 Å². The van der Waals surface area contributed by atoms with Gasteiger partial charge in [-0.15, -0.1) is 0 Å². The first-order chi connectivity index (χ1) is 7.50. The Kier molecular flexibility index (Phi) is 2.93. The summed E-state index contributed by atoms with van der Waals surface area (Å²) in [5.41, 5.74) is 0.175. The number of halogens is 3. The van der Waals surface area contributed by atoms with Crippen LogP contribution in [0.3, 0.4) is 0 Å². The maximum Gasteiger partial charge on any atom is 0.416 e. The Morgan fingerprint density at radius 3 is 2.69 bits per heavy atom. The lowest BCUT2D eigenvalue weighted by molar-refractivity contribution is -0.138. The second-order valence-corrected chi connectivity index (χ2v) is 4.16. The lowest BCUT2D eigenvalue weighted by Gasteiger charge is -2.19. The van der Waals surface area contributed by atoms with Gasteiger partial charge in [0.25, 0.3) is 0 Å². The summed E-state index contributed by atoms with van der Waals surface area (Å²) in [6.45, 7) is 2.90. The zero-order chi connectivity index (χ0) is 11.8. The van der Waals surface area contributed by atoms with E-state index in [9.17, 15) is 13.2 Å². The summed E-state index contributed by atoms with van der Waals surface area (Å²) in [6.07, 6.45) is -3.50. The minimum atomic E-state index is -4.27. The predicted octanol–water partition coefficient (Wildman–Crippen LogP) is 2.89. The molecule has 1 fully saturated rings. The number of hydrogen-bond donors (Lipinski definition) is 1. The minimum absolute atomic E-state index is 0.0345. The van der Waals surface area contributed by atoms with Gasteiger partial charge in [0.2, 0.25) is 0 Å². The summed E-state index contributed by atoms with van der Waals surface area (Å²) < 4.78 is 38.8. The predicted molar refractivity (Wildman–Crippen MR) is 55.2 cm³/mol. The molecule has 1 N–H and O–H groups in total. The van der Waals surface area contributed by atoms with E-state index in [2.05, 4.69) is 11.4 Å². The zero-order valence-electron chi connectivity index (χ0n) is 8.99. The molecule has 1 aromatic rings. The molecule has 0 amide bonds. The normalized spacial score (nSPS) is 21.4. The summed E-state index contributed by atoms with van der Waals surface area (Å²) in [6, 6.07) is 5.67. The molecular weight excluding hydrogens is 215 g/mol. The van der Waals surface area contributed by atoms with Gasteiger partial charge in [-0.05, 0) is 43.0 Å². The third-order valence-corrected chi connectivity index (χ3v) is 3.01. The minimum Gasteiger partial charge on any atom is -0.316 e. The van der Waals surface area contributed by atoms with Gasteiger partial charge >= 0.3 is 6.18 Å². The van der Waals surface area contributed by atoms with Gasteiger partial charge in [-0.25, -0.2) is 0 Å². The molecule has 16 heavy (non-hydrogen) atoms. The molecular formula is C12H13F3N. The number of nitrogens with one attached hydrogen (secondary N) is 1. The van der Waals surface area contributed by atoms with Crippen molar-refractivity contribution >= 4 is 0 Å². The largest absolute Gasteiger partial charge is 0.416 e. The van der Waals surface area contributed by atoms with Gasteiger partial charge in [0.15, 0.2) is 0 Å². The van der Waals surface area contributed by atoms with E-state index in [4.69, 9.17) is 0 Å². The van der Waals surface area contributed by atoms with Crippen molar-refractivity contribution in [2.75, 3.05) is 13.1 Å². The molecule has 87 valence electrons. The van der Waals surface area contributed by atoms with E-state index in [1.165, 1.54) is 19.1 Å². The molecule has 0 aliphatic carbocycles. The molecule has 1 aromatic carbocycles. The van der Waals surface area contributed by atoms with Crippen molar-refractivity contribution in [3.05, 3.63) is 34.9 Å². The monoisotopic (exact) mass is 228 g/mol. The van der Waals surface area contributed by atoms with Crippen LogP contribution in [0, 0.1) is 13.0 Å². The standard InChI is InChI=1S/C12H13F3N/c1-8-3-2-4-10(9-5-6-16-7-9)11(8)12(13,14)15/h3-4,9,16H,5-7H2,1H3. The fourth-order valence-corrected chi connectivity index (χ4v) is 2.26. The number of aryl methyl sites for hydroxylation is 1. The quantitative estimate of drug-likeness (QED) is 0.779. The molecule has 4 heteroatoms. The highest BCUT2D eigenvalue weighted by Gasteiger charge is 2.37. The Morgan fingerprint density at radius 2 is 2.12 bits per heavy atom. The summed E-state index contributed by atoms with van der Waals surface area (Å²) >= 11 is 0. The van der Waals surface area contributed by atoms with Crippen LogP contribution in [0.25, 0.3) is 0 Å². The van der Waals surface area contributed by atoms with Gasteiger partial charge in [-0.2, -0.15) is 13.2 Å². The van der Waals surface area contributed by atoms with E-state index < -0.39 is 11.7 Å². The van der Waals surface area contributed by atoms with Crippen LogP contribution in [0.5, 0.6) is 0 Å². The third kappa shape index (κ3) is 2.07. The van der Waals surface area contributed by atoms with Crippen molar-refractivity contribution in [1.82, 2.24) is 5.32 Å². The lowest BCUT2D eigenvalue weighted by atomic mass is 9.90. The molecule has 0 saturated carbocycles. The topological polar surface area (TPSA) is 12.0 Å². The molecule has 1 unspecified atom stereocenters. The molecule has 1 aliphatic rings. The van der Waals surface area contributed by atoms with Gasteiger partial charge in [0, 0.05) is 6.54 Å². The molecule has 2 rings (SSSR count). The molecule has 1 saturated heterocycles. The zero-order valence-corrected chi connectivity index (χ0v) is 8.99. The third-order valence-electron chi connectivity index (χ3n) is 3.01. The maximum absolute atomic E-state index is 12.9. The molecule has 1 nitrogen and oxygen atoms in total. The number of benzene rings is 1. The van der Waals surface area contributed by atoms with Gasteiger partial charge in [-0.3, -0.25) is 0 Å². The van der Waals surface area contributed by atoms with Crippen LogP contribution in [0.1, 0.15) is 29.0 Å². The number of alkyl halides is 3. The average molecular weight is 228 g/mol. The molecule has 1 aliphatic heterocycles. The van der Waals surface area contributed by atoms with Gasteiger partial charge in [0.1, 0.15) is 0 Å². The van der Waals surface area contributed by atoms with Crippen molar-refractivity contribution in [1.29, 1.82) is 0 Å². The first-order valence-electron chi connectivity index (χ1n) is 5.28. The Morgan fingerprint density at radius 1 is 1.38 bits per heavy atom. The summed E-state index contributed by atoms with van der Waals surface area (Å²) in [4.78, 5) is 0. The van der Waals surface area contributed by atoms with E-state index in [-0.39, 0.29) is 11.5 Å². The van der Waals surface area contributed by atoms with E-state index in [1.807, 2.05) is 0 Å². The summed E-state index contributed by atoms with van der Waals surface area (Å²) in [5, 5.41) is 3.09. The SMILES string of the molecule is Cc1c[c]cc(C2CCNC2)c1C(F)(F)F. The van der Waals surface area contributed by atoms with Crippen molar-refractivity contribution in [3.8, 4) is 0 Å². The fraction of sp³-hybridized carbons (Fsp3) is 0.500. The molecule has 1 atom stereocenters. The van der Waals surface area contributed by atoms with Gasteiger partial charge in [0.05, 0.1) is 5.56 Å². The molecule has 1 heterocycles. The molecule has 0 bridgehead atoms. The Bertz CT molecular complexity index is 378. The van der Waals surface area contributed by atoms with Crippen LogP contribution in [0.2, 0.25) is 0 Å². The first-order valence-corrected chi connectivity index (χ1v) is 5.28. The highest BCUT2D eigenvalue weighted by atomic mass is 19.4. The van der Waals surface area contributed by atoms with Crippen LogP contribution >= 0.6 is 0 Å². The van der Waals surface area contributed by atoms with Crippen molar-refractivity contribution in [3.63, 3.8) is 0 Å². The number of hydrogen-bond acceptors (Lipinski definition) is 1. The number of rotatable bonds is 1. The Labute approximate surface area is 92.7 Å². The van der Waals surface area contributed by atoms with Crippen molar-refractivity contribution in [2.24, 2.45) is 0 Å². The molecule has 0 spiro atoms. The Hall–Kier alpha value is -1.03. The van der Waals surface area contributed by atoms with Gasteiger partial charge < -0.3 is 5.32 Å². The second kappa shape index (κ2) is 4.09. The van der Waals surface area contributed by atoms with Crippen LogP contribution in [-0.2, 0) is 6.18 Å².